The van der Waals surface area contributed by atoms with Gasteiger partial charge >= 0.3 is 0 Å². The quantitative estimate of drug-likeness (QED) is 0.174. The number of benzene rings is 8. The van der Waals surface area contributed by atoms with Crippen molar-refractivity contribution in [3.8, 4) is 45.5 Å². The molecule has 284 valence electrons. The lowest BCUT2D eigenvalue weighted by molar-refractivity contribution is 1.07. The van der Waals surface area contributed by atoms with Crippen molar-refractivity contribution in [3.05, 3.63) is 200 Å². The first-order valence-corrected chi connectivity index (χ1v) is 20.5. The smallest absolute Gasteiger partial charge is 0.164 e. The van der Waals surface area contributed by atoms with Gasteiger partial charge in [-0.25, -0.2) is 19.9 Å². The van der Waals surface area contributed by atoms with Crippen LogP contribution in [0, 0.1) is 0 Å². The second-order valence-electron chi connectivity index (χ2n) is 15.5. The lowest BCUT2D eigenvalue weighted by Gasteiger charge is -2.13. The summed E-state index contributed by atoms with van der Waals surface area (Å²) in [7, 11) is 0. The molecule has 0 fully saturated rings. The van der Waals surface area contributed by atoms with Gasteiger partial charge in [-0.15, -0.1) is 0 Å². The molecule has 0 aliphatic heterocycles. The normalized spacial score (nSPS) is 11.9. The molecular weight excluding hydrogens is 747 g/mol. The maximum atomic E-state index is 5.23. The van der Waals surface area contributed by atoms with Crippen LogP contribution in [-0.2, 0) is 0 Å². The fourth-order valence-corrected chi connectivity index (χ4v) is 9.38. The van der Waals surface area contributed by atoms with Crippen molar-refractivity contribution >= 4 is 71.2 Å². The lowest BCUT2D eigenvalue weighted by atomic mass is 10.1. The van der Waals surface area contributed by atoms with Crippen molar-refractivity contribution in [1.29, 1.82) is 0 Å². The van der Waals surface area contributed by atoms with E-state index < -0.39 is 0 Å². The minimum Gasteiger partial charge on any atom is -0.309 e. The number of rotatable bonds is 5. The average molecular weight is 780 g/mol. The van der Waals surface area contributed by atoms with Gasteiger partial charge in [0.05, 0.1) is 27.6 Å². The van der Waals surface area contributed by atoms with E-state index in [4.69, 9.17) is 19.9 Å². The number of pyridine rings is 1. The van der Waals surface area contributed by atoms with E-state index in [1.165, 1.54) is 21.5 Å². The molecule has 8 aromatic carbocycles. The van der Waals surface area contributed by atoms with Crippen LogP contribution in [0.3, 0.4) is 0 Å². The van der Waals surface area contributed by atoms with Crippen molar-refractivity contribution in [2.24, 2.45) is 0 Å². The van der Waals surface area contributed by atoms with Crippen LogP contribution in [0.1, 0.15) is 0 Å². The lowest BCUT2D eigenvalue weighted by Crippen LogP contribution is -2.01. The molecule has 5 aromatic heterocycles. The molecule has 13 aromatic rings. The van der Waals surface area contributed by atoms with Gasteiger partial charge < -0.3 is 4.57 Å². The van der Waals surface area contributed by atoms with Crippen molar-refractivity contribution in [2.45, 2.75) is 0 Å². The van der Waals surface area contributed by atoms with E-state index in [9.17, 15) is 0 Å². The number of aromatic nitrogens is 7. The highest BCUT2D eigenvalue weighted by atomic mass is 15.1. The standard InChI is InChI=1S/C54H33N7/c1-3-16-34(17-4-1)50-56-51(35-18-5-2-6-19-35)58-52(57-50)36-20-15-21-37(32-36)59-45-27-12-9-22-39(45)43-33-38(30-31-47(43)59)60-46-28-13-10-25-42(46)49-40-23-7-8-24-41(40)53-55-44-26-11-14-29-48(44)61(53)54(49)60/h1-33H. The Balaban J connectivity index is 1.04. The zero-order chi connectivity index (χ0) is 40.0. The van der Waals surface area contributed by atoms with E-state index >= 15 is 0 Å². The summed E-state index contributed by atoms with van der Waals surface area (Å²) in [5.41, 5.74) is 12.4. The molecule has 61 heavy (non-hydrogen) atoms. The fraction of sp³-hybridized carbons (Fsp3) is 0. The number of fused-ring (bicyclic) bond motifs is 13. The molecule has 0 unspecified atom stereocenters. The third kappa shape index (κ3) is 5.04. The van der Waals surface area contributed by atoms with Gasteiger partial charge in [0.15, 0.2) is 17.5 Å². The molecule has 7 heteroatoms. The van der Waals surface area contributed by atoms with Gasteiger partial charge in [-0.1, -0.05) is 146 Å². The largest absolute Gasteiger partial charge is 0.309 e. The van der Waals surface area contributed by atoms with Gasteiger partial charge in [0.2, 0.25) is 0 Å². The summed E-state index contributed by atoms with van der Waals surface area (Å²) >= 11 is 0. The molecule has 0 atom stereocenters. The van der Waals surface area contributed by atoms with Crippen molar-refractivity contribution in [3.63, 3.8) is 0 Å². The Kier molecular flexibility index (Phi) is 7.17. The van der Waals surface area contributed by atoms with E-state index in [-0.39, 0.29) is 0 Å². The minimum atomic E-state index is 0.620. The third-order valence-corrected chi connectivity index (χ3v) is 12.0. The van der Waals surface area contributed by atoms with Gasteiger partial charge in [0.1, 0.15) is 11.3 Å². The average Bonchev–Trinajstić information content (AvgIpc) is 4.00. The van der Waals surface area contributed by atoms with Crippen LogP contribution < -0.4 is 0 Å². The Hall–Kier alpha value is -8.42. The van der Waals surface area contributed by atoms with Crippen molar-refractivity contribution < 1.29 is 0 Å². The van der Waals surface area contributed by atoms with Crippen LogP contribution >= 0.6 is 0 Å². The molecule has 0 saturated carbocycles. The van der Waals surface area contributed by atoms with Crippen LogP contribution in [0.15, 0.2) is 200 Å². The monoisotopic (exact) mass is 779 g/mol. The predicted molar refractivity (Wildman–Crippen MR) is 249 cm³/mol. The van der Waals surface area contributed by atoms with E-state index in [0.717, 1.165) is 77.7 Å². The molecule has 5 heterocycles. The summed E-state index contributed by atoms with van der Waals surface area (Å²) in [4.78, 5) is 20.3. The van der Waals surface area contributed by atoms with Crippen LogP contribution in [0.5, 0.6) is 0 Å². The molecule has 0 aliphatic carbocycles. The van der Waals surface area contributed by atoms with Crippen molar-refractivity contribution in [2.75, 3.05) is 0 Å². The fourth-order valence-electron chi connectivity index (χ4n) is 9.38. The second kappa shape index (κ2) is 13.0. The Morgan fingerprint density at radius 2 is 0.836 bits per heavy atom. The summed E-state index contributed by atoms with van der Waals surface area (Å²) in [6.07, 6.45) is 0. The Morgan fingerprint density at radius 3 is 1.56 bits per heavy atom. The molecule has 0 spiro atoms. The molecule has 0 bridgehead atoms. The Morgan fingerprint density at radius 1 is 0.311 bits per heavy atom. The van der Waals surface area contributed by atoms with Crippen LogP contribution in [0.4, 0.5) is 0 Å². The first kappa shape index (κ1) is 33.5. The third-order valence-electron chi connectivity index (χ3n) is 12.0. The van der Waals surface area contributed by atoms with E-state index in [1.807, 2.05) is 60.7 Å². The molecule has 0 aliphatic rings. The van der Waals surface area contributed by atoms with Crippen LogP contribution in [-0.4, -0.2) is 33.5 Å². The summed E-state index contributed by atoms with van der Waals surface area (Å²) in [5.74, 6) is 1.89. The first-order chi connectivity index (χ1) is 30.3. The van der Waals surface area contributed by atoms with Gasteiger partial charge in [0.25, 0.3) is 0 Å². The van der Waals surface area contributed by atoms with Gasteiger partial charge in [-0.05, 0) is 60.0 Å². The molecular formula is C54H33N7. The van der Waals surface area contributed by atoms with Gasteiger partial charge in [0, 0.05) is 55.0 Å². The van der Waals surface area contributed by atoms with Crippen LogP contribution in [0.2, 0.25) is 0 Å². The topological polar surface area (TPSA) is 65.8 Å². The van der Waals surface area contributed by atoms with Gasteiger partial charge in [-0.3, -0.25) is 8.97 Å². The molecule has 0 radical (unpaired) electrons. The number of imidazole rings is 1. The zero-order valence-electron chi connectivity index (χ0n) is 32.7. The molecule has 0 amide bonds. The minimum absolute atomic E-state index is 0.620. The summed E-state index contributed by atoms with van der Waals surface area (Å²) < 4.78 is 7.15. The maximum Gasteiger partial charge on any atom is 0.164 e. The molecule has 0 saturated heterocycles. The summed E-state index contributed by atoms with van der Waals surface area (Å²) in [6, 6.07) is 70.2. The van der Waals surface area contributed by atoms with E-state index in [0.29, 0.717) is 17.5 Å². The SMILES string of the molecule is c1ccc(-c2nc(-c3ccccc3)nc(-c3cccc(-n4c5ccccc5c5cc(-n6c7ccccc7c7c8ccccc8c8nc9ccccc9n8c76)ccc54)c3)n2)cc1. The van der Waals surface area contributed by atoms with Crippen molar-refractivity contribution in [1.82, 2.24) is 33.5 Å². The first-order valence-electron chi connectivity index (χ1n) is 20.5. The number of hydrogen-bond donors (Lipinski definition) is 0. The number of para-hydroxylation sites is 4. The maximum absolute atomic E-state index is 5.23. The Bertz CT molecular complexity index is 3820. The zero-order valence-corrected chi connectivity index (χ0v) is 32.7. The molecule has 7 nitrogen and oxygen atoms in total. The highest BCUT2D eigenvalue weighted by molar-refractivity contribution is 6.24. The number of hydrogen-bond acceptors (Lipinski definition) is 4. The number of nitrogens with zero attached hydrogens (tertiary/aromatic N) is 7. The van der Waals surface area contributed by atoms with E-state index in [1.54, 1.807) is 0 Å². The molecule has 13 rings (SSSR count). The van der Waals surface area contributed by atoms with Crippen LogP contribution in [0.25, 0.3) is 117 Å². The highest BCUT2D eigenvalue weighted by Crippen LogP contribution is 2.41. The highest BCUT2D eigenvalue weighted by Gasteiger charge is 2.23. The Labute approximate surface area is 349 Å². The summed E-state index contributed by atoms with van der Waals surface area (Å²) in [6.45, 7) is 0. The molecule has 0 N–H and O–H groups in total. The van der Waals surface area contributed by atoms with E-state index in [2.05, 4.69) is 153 Å². The summed E-state index contributed by atoms with van der Waals surface area (Å²) in [5, 5.41) is 7.08. The second-order valence-corrected chi connectivity index (χ2v) is 15.5. The predicted octanol–water partition coefficient (Wildman–Crippen LogP) is 13.0. The van der Waals surface area contributed by atoms with Gasteiger partial charge in [-0.2, -0.15) is 0 Å².